The second kappa shape index (κ2) is 6.52. The molecule has 1 rings (SSSR count). The molecule has 0 fully saturated rings. The summed E-state index contributed by atoms with van der Waals surface area (Å²) in [6, 6.07) is 3.93. The minimum Gasteiger partial charge on any atom is -0.478 e. The van der Waals surface area contributed by atoms with Crippen molar-refractivity contribution in [2.24, 2.45) is 0 Å². The topological polar surface area (TPSA) is 130 Å². The van der Waals surface area contributed by atoms with E-state index in [1.807, 2.05) is 0 Å². The molecule has 0 saturated heterocycles. The second-order valence-corrected chi connectivity index (χ2v) is 7.87. The lowest BCUT2D eigenvalue weighted by Crippen LogP contribution is -2.34. The lowest BCUT2D eigenvalue weighted by Gasteiger charge is -2.11. The summed E-state index contributed by atoms with van der Waals surface area (Å²) in [5.74, 6) is -1.22. The van der Waals surface area contributed by atoms with Gasteiger partial charge in [0.15, 0.2) is 0 Å². The Hall–Kier alpha value is -1.49. The molecule has 0 radical (unpaired) electrons. The van der Waals surface area contributed by atoms with Crippen LogP contribution in [-0.4, -0.2) is 47.3 Å². The summed E-state index contributed by atoms with van der Waals surface area (Å²) in [7, 11) is -7.31. The van der Waals surface area contributed by atoms with Crippen molar-refractivity contribution in [1.29, 1.82) is 0 Å². The van der Waals surface area contributed by atoms with Crippen LogP contribution in [0.3, 0.4) is 0 Å². The zero-order chi connectivity index (χ0) is 16.3. The molecule has 1 aromatic carbocycles. The summed E-state index contributed by atoms with van der Waals surface area (Å²) < 4.78 is 50.2. The Kier molecular flexibility index (Phi) is 5.45. The van der Waals surface area contributed by atoms with E-state index in [1.54, 1.807) is 0 Å². The fraction of sp³-hybridized carbons (Fsp3) is 0.364. The number of nitrogens with one attached hydrogen (secondary N) is 2. The van der Waals surface area contributed by atoms with Crippen LogP contribution >= 0.6 is 0 Å². The summed E-state index contributed by atoms with van der Waals surface area (Å²) in [6.45, 7) is 1.15. The molecule has 8 nitrogen and oxygen atoms in total. The standard InChI is InChI=1S/C11H16N2O6S2/c1-8-9(11(14)15)4-3-5-10(8)21(18,19)13-7-6-12-20(2,16)17/h3-5,12-13H,6-7H2,1-2H3,(H,14,15). The zero-order valence-corrected chi connectivity index (χ0v) is 13.1. The lowest BCUT2D eigenvalue weighted by molar-refractivity contribution is 0.0695. The van der Waals surface area contributed by atoms with Gasteiger partial charge in [-0.25, -0.2) is 31.1 Å². The molecule has 0 aliphatic rings. The predicted octanol–water partition coefficient (Wildman–Crippen LogP) is -0.479. The highest BCUT2D eigenvalue weighted by Gasteiger charge is 2.20. The van der Waals surface area contributed by atoms with Crippen LogP contribution in [0.25, 0.3) is 0 Å². The first kappa shape index (κ1) is 17.6. The van der Waals surface area contributed by atoms with Gasteiger partial charge in [0.25, 0.3) is 0 Å². The smallest absolute Gasteiger partial charge is 0.335 e. The molecule has 0 atom stereocenters. The van der Waals surface area contributed by atoms with Gasteiger partial charge in [0, 0.05) is 13.1 Å². The number of hydrogen-bond donors (Lipinski definition) is 3. The van der Waals surface area contributed by atoms with Crippen molar-refractivity contribution in [2.75, 3.05) is 19.3 Å². The highest BCUT2D eigenvalue weighted by Crippen LogP contribution is 2.18. The minimum atomic E-state index is -3.91. The molecule has 0 amide bonds. The van der Waals surface area contributed by atoms with E-state index in [1.165, 1.54) is 25.1 Å². The van der Waals surface area contributed by atoms with E-state index in [4.69, 9.17) is 5.11 Å². The highest BCUT2D eigenvalue weighted by molar-refractivity contribution is 7.89. The number of rotatable bonds is 7. The van der Waals surface area contributed by atoms with Gasteiger partial charge in [-0.2, -0.15) is 0 Å². The average Bonchev–Trinajstić information content (AvgIpc) is 2.33. The first-order valence-corrected chi connectivity index (χ1v) is 9.19. The quantitative estimate of drug-likeness (QED) is 0.577. The molecule has 0 spiro atoms. The third-order valence-corrected chi connectivity index (χ3v) is 4.92. The number of benzene rings is 1. The molecule has 0 bridgehead atoms. The zero-order valence-electron chi connectivity index (χ0n) is 11.5. The third-order valence-electron chi connectivity index (χ3n) is 2.59. The minimum absolute atomic E-state index is 0.101. The maximum absolute atomic E-state index is 12.1. The molecule has 0 aliphatic carbocycles. The van der Waals surface area contributed by atoms with E-state index in [2.05, 4.69) is 9.44 Å². The molecular formula is C11H16N2O6S2. The van der Waals surface area contributed by atoms with Crippen molar-refractivity contribution < 1.29 is 26.7 Å². The van der Waals surface area contributed by atoms with Crippen molar-refractivity contribution in [3.63, 3.8) is 0 Å². The van der Waals surface area contributed by atoms with Gasteiger partial charge in [-0.1, -0.05) is 6.07 Å². The van der Waals surface area contributed by atoms with Gasteiger partial charge in [-0.3, -0.25) is 0 Å². The van der Waals surface area contributed by atoms with Crippen LogP contribution in [0.5, 0.6) is 0 Å². The van der Waals surface area contributed by atoms with Crippen molar-refractivity contribution in [3.8, 4) is 0 Å². The van der Waals surface area contributed by atoms with Crippen LogP contribution < -0.4 is 9.44 Å². The van der Waals surface area contributed by atoms with E-state index in [9.17, 15) is 21.6 Å². The molecule has 0 saturated carbocycles. The summed E-state index contributed by atoms with van der Waals surface area (Å²) in [5.41, 5.74) is 0.0145. The van der Waals surface area contributed by atoms with Gasteiger partial charge >= 0.3 is 5.97 Å². The SMILES string of the molecule is Cc1c(C(=O)O)cccc1S(=O)(=O)NCCNS(C)(=O)=O. The second-order valence-electron chi connectivity index (χ2n) is 4.30. The van der Waals surface area contributed by atoms with Gasteiger partial charge in [0.1, 0.15) is 0 Å². The lowest BCUT2D eigenvalue weighted by atomic mass is 10.1. The Morgan fingerprint density at radius 2 is 1.71 bits per heavy atom. The van der Waals surface area contributed by atoms with Crippen molar-refractivity contribution in [3.05, 3.63) is 29.3 Å². The fourth-order valence-electron chi connectivity index (χ4n) is 1.64. The summed E-state index contributed by atoms with van der Waals surface area (Å²) >= 11 is 0. The number of sulfonamides is 2. The van der Waals surface area contributed by atoms with E-state index in [0.717, 1.165) is 6.26 Å². The van der Waals surface area contributed by atoms with Gasteiger partial charge in [0.05, 0.1) is 16.7 Å². The molecule has 118 valence electrons. The van der Waals surface area contributed by atoms with Gasteiger partial charge in [-0.15, -0.1) is 0 Å². The van der Waals surface area contributed by atoms with Gasteiger partial charge < -0.3 is 5.11 Å². The molecule has 0 heterocycles. The van der Waals surface area contributed by atoms with E-state index in [-0.39, 0.29) is 29.1 Å². The number of carboxylic acids is 1. The molecule has 0 unspecified atom stereocenters. The molecule has 0 aliphatic heterocycles. The Morgan fingerprint density at radius 1 is 1.14 bits per heavy atom. The van der Waals surface area contributed by atoms with Crippen molar-refractivity contribution >= 4 is 26.0 Å². The van der Waals surface area contributed by atoms with E-state index >= 15 is 0 Å². The first-order chi connectivity index (χ1) is 9.54. The highest BCUT2D eigenvalue weighted by atomic mass is 32.2. The normalized spacial score (nSPS) is 12.3. The monoisotopic (exact) mass is 336 g/mol. The van der Waals surface area contributed by atoms with Crippen LogP contribution in [0.1, 0.15) is 15.9 Å². The first-order valence-electron chi connectivity index (χ1n) is 5.82. The molecule has 0 aromatic heterocycles. The molecule has 3 N–H and O–H groups in total. The third kappa shape index (κ3) is 5.08. The predicted molar refractivity (Wildman–Crippen MR) is 76.2 cm³/mol. The fourth-order valence-corrected chi connectivity index (χ4v) is 3.41. The number of aromatic carboxylic acids is 1. The van der Waals surface area contributed by atoms with Crippen LogP contribution in [0.15, 0.2) is 23.1 Å². The molecule has 10 heteroatoms. The maximum atomic E-state index is 12.1. The van der Waals surface area contributed by atoms with Gasteiger partial charge in [-0.05, 0) is 24.6 Å². The van der Waals surface area contributed by atoms with Crippen LogP contribution in [-0.2, 0) is 20.0 Å². The molecule has 1 aromatic rings. The largest absolute Gasteiger partial charge is 0.478 e. The van der Waals surface area contributed by atoms with Gasteiger partial charge in [0.2, 0.25) is 20.0 Å². The van der Waals surface area contributed by atoms with Crippen LogP contribution in [0, 0.1) is 6.92 Å². The Bertz CT molecular complexity index is 740. The van der Waals surface area contributed by atoms with Crippen LogP contribution in [0.2, 0.25) is 0 Å². The maximum Gasteiger partial charge on any atom is 0.335 e. The van der Waals surface area contributed by atoms with E-state index in [0.29, 0.717) is 0 Å². The summed E-state index contributed by atoms with van der Waals surface area (Å²) in [5, 5.41) is 8.97. The summed E-state index contributed by atoms with van der Waals surface area (Å²) in [4.78, 5) is 10.8. The van der Waals surface area contributed by atoms with E-state index < -0.39 is 26.0 Å². The Labute approximate surface area is 123 Å². The number of hydrogen-bond acceptors (Lipinski definition) is 5. The average molecular weight is 336 g/mol. The number of carboxylic acid groups (broad SMARTS) is 1. The van der Waals surface area contributed by atoms with Crippen molar-refractivity contribution in [2.45, 2.75) is 11.8 Å². The Morgan fingerprint density at radius 3 is 2.24 bits per heavy atom. The summed E-state index contributed by atoms with van der Waals surface area (Å²) in [6.07, 6.45) is 0.960. The molecule has 21 heavy (non-hydrogen) atoms. The van der Waals surface area contributed by atoms with Crippen molar-refractivity contribution in [1.82, 2.24) is 9.44 Å². The van der Waals surface area contributed by atoms with Crippen LogP contribution in [0.4, 0.5) is 0 Å². The number of carbonyl (C=O) groups is 1. The molecular weight excluding hydrogens is 320 g/mol. The Balaban J connectivity index is 2.89.